The number of anilines is 1. The van der Waals surface area contributed by atoms with Crippen LogP contribution >= 0.6 is 0 Å². The van der Waals surface area contributed by atoms with Gasteiger partial charge < -0.3 is 9.47 Å². The van der Waals surface area contributed by atoms with Crippen molar-refractivity contribution in [2.24, 2.45) is 14.1 Å². The highest BCUT2D eigenvalue weighted by Gasteiger charge is 2.19. The lowest BCUT2D eigenvalue weighted by molar-refractivity contribution is 0.244. The van der Waals surface area contributed by atoms with E-state index in [0.29, 0.717) is 5.39 Å². The van der Waals surface area contributed by atoms with Crippen molar-refractivity contribution in [1.82, 2.24) is 29.4 Å². The van der Waals surface area contributed by atoms with E-state index >= 15 is 0 Å². The Morgan fingerprint density at radius 3 is 2.64 bits per heavy atom. The number of benzene rings is 1. The van der Waals surface area contributed by atoms with Crippen molar-refractivity contribution in [2.45, 2.75) is 6.54 Å². The van der Waals surface area contributed by atoms with Crippen molar-refractivity contribution in [3.63, 3.8) is 0 Å². The van der Waals surface area contributed by atoms with E-state index in [4.69, 9.17) is 0 Å². The molecule has 0 unspecified atom stereocenters. The third kappa shape index (κ3) is 3.00. The highest BCUT2D eigenvalue weighted by molar-refractivity contribution is 5.81. The highest BCUT2D eigenvalue weighted by Crippen LogP contribution is 2.20. The molecule has 0 radical (unpaired) electrons. The van der Waals surface area contributed by atoms with E-state index in [1.54, 1.807) is 13.4 Å². The average Bonchev–Trinajstić information content (AvgIpc) is 3.03. The van der Waals surface area contributed by atoms with Gasteiger partial charge in [0.2, 0.25) is 0 Å². The molecular weight excluding hydrogens is 318 g/mol. The fourth-order valence-electron chi connectivity index (χ4n) is 3.24. The zero-order valence-electron chi connectivity index (χ0n) is 14.5. The number of fused-ring (bicyclic) bond motifs is 1. The van der Waals surface area contributed by atoms with E-state index in [9.17, 15) is 4.79 Å². The van der Waals surface area contributed by atoms with Gasteiger partial charge in [0.05, 0.1) is 29.1 Å². The van der Waals surface area contributed by atoms with Crippen LogP contribution in [0.4, 0.5) is 5.69 Å². The van der Waals surface area contributed by atoms with E-state index in [0.717, 1.165) is 49.6 Å². The summed E-state index contributed by atoms with van der Waals surface area (Å²) in [7, 11) is 3.64. The fourth-order valence-corrected chi connectivity index (χ4v) is 3.24. The summed E-state index contributed by atoms with van der Waals surface area (Å²) in [4.78, 5) is 21.3. The summed E-state index contributed by atoms with van der Waals surface area (Å²) in [6.07, 6.45) is 3.40. The van der Waals surface area contributed by atoms with E-state index in [2.05, 4.69) is 25.1 Å². The SMILES string of the molecule is Cn1nncc1CN1CCN(c2ccc3c(=O)n(C)cnc3c2)CC1. The number of rotatable bonds is 3. The Kier molecular flexibility index (Phi) is 3.96. The Balaban J connectivity index is 1.47. The zero-order valence-corrected chi connectivity index (χ0v) is 14.5. The van der Waals surface area contributed by atoms with Gasteiger partial charge in [-0.2, -0.15) is 0 Å². The molecule has 2 aromatic heterocycles. The molecule has 3 heterocycles. The van der Waals surface area contributed by atoms with Crippen LogP contribution < -0.4 is 10.5 Å². The van der Waals surface area contributed by atoms with Crippen LogP contribution in [0.15, 0.2) is 35.5 Å². The van der Waals surface area contributed by atoms with Crippen molar-refractivity contribution < 1.29 is 0 Å². The number of hydrogen-bond donors (Lipinski definition) is 0. The zero-order chi connectivity index (χ0) is 17.4. The maximum atomic E-state index is 12.1. The molecule has 3 aromatic rings. The van der Waals surface area contributed by atoms with E-state index in [1.165, 1.54) is 4.57 Å². The van der Waals surface area contributed by atoms with Crippen LogP contribution in [0.3, 0.4) is 0 Å². The lowest BCUT2D eigenvalue weighted by Crippen LogP contribution is -2.46. The van der Waals surface area contributed by atoms with Crippen LogP contribution in [0.1, 0.15) is 5.69 Å². The lowest BCUT2D eigenvalue weighted by Gasteiger charge is -2.36. The summed E-state index contributed by atoms with van der Waals surface area (Å²) in [5.41, 5.74) is 2.99. The van der Waals surface area contributed by atoms with Gasteiger partial charge in [0.1, 0.15) is 0 Å². The predicted molar refractivity (Wildman–Crippen MR) is 95.5 cm³/mol. The first kappa shape index (κ1) is 15.8. The normalized spacial score (nSPS) is 15.8. The summed E-state index contributed by atoms with van der Waals surface area (Å²) in [5.74, 6) is 0. The molecule has 1 aromatic carbocycles. The maximum absolute atomic E-state index is 12.1. The molecule has 0 N–H and O–H groups in total. The third-order valence-electron chi connectivity index (χ3n) is 4.83. The second-order valence-corrected chi connectivity index (χ2v) is 6.47. The second kappa shape index (κ2) is 6.29. The molecule has 0 bridgehead atoms. The predicted octanol–water partition coefficient (Wildman–Crippen LogP) is 0.384. The van der Waals surface area contributed by atoms with Gasteiger partial charge in [0, 0.05) is 52.5 Å². The van der Waals surface area contributed by atoms with Crippen molar-refractivity contribution in [2.75, 3.05) is 31.1 Å². The van der Waals surface area contributed by atoms with Gasteiger partial charge in [0.25, 0.3) is 5.56 Å². The number of nitrogens with zero attached hydrogens (tertiary/aromatic N) is 7. The summed E-state index contributed by atoms with van der Waals surface area (Å²) in [6, 6.07) is 5.91. The Bertz CT molecular complexity index is 953. The standard InChI is InChI=1S/C17H21N7O/c1-21-12-18-16-9-13(3-4-15(16)17(21)25)24-7-5-23(6-8-24)11-14-10-19-20-22(14)2/h3-4,9-10,12H,5-8,11H2,1-2H3. The topological polar surface area (TPSA) is 72.1 Å². The van der Waals surface area contributed by atoms with Gasteiger partial charge in [-0.25, -0.2) is 4.98 Å². The molecule has 25 heavy (non-hydrogen) atoms. The molecule has 8 nitrogen and oxygen atoms in total. The van der Waals surface area contributed by atoms with E-state index in [1.807, 2.05) is 36.1 Å². The largest absolute Gasteiger partial charge is 0.369 e. The number of piperazine rings is 1. The molecule has 0 amide bonds. The molecule has 1 saturated heterocycles. The van der Waals surface area contributed by atoms with Crippen LogP contribution in [0.5, 0.6) is 0 Å². The Morgan fingerprint density at radius 1 is 1.12 bits per heavy atom. The van der Waals surface area contributed by atoms with E-state index in [-0.39, 0.29) is 5.56 Å². The minimum Gasteiger partial charge on any atom is -0.369 e. The van der Waals surface area contributed by atoms with E-state index < -0.39 is 0 Å². The summed E-state index contributed by atoms with van der Waals surface area (Å²) in [5, 5.41) is 8.58. The molecule has 1 aliphatic rings. The van der Waals surface area contributed by atoms with Gasteiger partial charge in [-0.05, 0) is 18.2 Å². The van der Waals surface area contributed by atoms with Crippen molar-refractivity contribution >= 4 is 16.6 Å². The molecule has 8 heteroatoms. The Morgan fingerprint density at radius 2 is 1.92 bits per heavy atom. The van der Waals surface area contributed by atoms with Crippen LogP contribution in [0, 0.1) is 0 Å². The van der Waals surface area contributed by atoms with Crippen molar-refractivity contribution in [3.8, 4) is 0 Å². The molecular formula is C17H21N7O. The fraction of sp³-hybridized carbons (Fsp3) is 0.412. The van der Waals surface area contributed by atoms with Gasteiger partial charge >= 0.3 is 0 Å². The smallest absolute Gasteiger partial charge is 0.260 e. The lowest BCUT2D eigenvalue weighted by atomic mass is 10.2. The molecule has 4 rings (SSSR count). The molecule has 130 valence electrons. The average molecular weight is 339 g/mol. The number of aryl methyl sites for hydroxylation is 2. The molecule has 0 atom stereocenters. The Hall–Kier alpha value is -2.74. The minimum absolute atomic E-state index is 0.00819. The summed E-state index contributed by atoms with van der Waals surface area (Å²) in [6.45, 7) is 4.72. The quantitative estimate of drug-likeness (QED) is 0.687. The van der Waals surface area contributed by atoms with Crippen LogP contribution in [-0.2, 0) is 20.6 Å². The monoisotopic (exact) mass is 339 g/mol. The van der Waals surface area contributed by atoms with Crippen molar-refractivity contribution in [3.05, 3.63) is 46.8 Å². The summed E-state index contributed by atoms with van der Waals surface area (Å²) >= 11 is 0. The van der Waals surface area contributed by atoms with Crippen molar-refractivity contribution in [1.29, 1.82) is 0 Å². The molecule has 1 aliphatic heterocycles. The van der Waals surface area contributed by atoms with Gasteiger partial charge in [-0.15, -0.1) is 5.10 Å². The van der Waals surface area contributed by atoms with Gasteiger partial charge in [-0.3, -0.25) is 14.4 Å². The summed E-state index contributed by atoms with van der Waals surface area (Å²) < 4.78 is 3.33. The first-order valence-electron chi connectivity index (χ1n) is 8.38. The van der Waals surface area contributed by atoms with Crippen LogP contribution in [0.2, 0.25) is 0 Å². The first-order chi connectivity index (χ1) is 12.1. The molecule has 0 saturated carbocycles. The minimum atomic E-state index is -0.00819. The third-order valence-corrected chi connectivity index (χ3v) is 4.83. The molecule has 0 aliphatic carbocycles. The Labute approximate surface area is 145 Å². The molecule has 0 spiro atoms. The van der Waals surface area contributed by atoms with Crippen LogP contribution in [-0.4, -0.2) is 55.6 Å². The second-order valence-electron chi connectivity index (χ2n) is 6.47. The van der Waals surface area contributed by atoms with Gasteiger partial charge in [0.15, 0.2) is 0 Å². The molecule has 1 fully saturated rings. The number of hydrogen-bond acceptors (Lipinski definition) is 6. The van der Waals surface area contributed by atoms with Crippen LogP contribution in [0.25, 0.3) is 10.9 Å². The highest BCUT2D eigenvalue weighted by atomic mass is 16.1. The maximum Gasteiger partial charge on any atom is 0.260 e. The number of aromatic nitrogens is 5. The first-order valence-corrected chi connectivity index (χ1v) is 8.38. The van der Waals surface area contributed by atoms with Gasteiger partial charge in [-0.1, -0.05) is 5.21 Å².